The third-order valence-corrected chi connectivity index (χ3v) is 5.50. The lowest BCUT2D eigenvalue weighted by atomic mass is 9.69. The highest BCUT2D eigenvalue weighted by Gasteiger charge is 2.41. The molecule has 122 valence electrons. The Hall–Kier alpha value is -1.39. The Balaban J connectivity index is 1.72. The number of aromatic nitrogens is 2. The van der Waals surface area contributed by atoms with Gasteiger partial charge in [0.15, 0.2) is 5.82 Å². The second-order valence-corrected chi connectivity index (χ2v) is 7.10. The van der Waals surface area contributed by atoms with Gasteiger partial charge < -0.3 is 9.26 Å². The van der Waals surface area contributed by atoms with Gasteiger partial charge in [-0.25, -0.2) is 0 Å². The first-order valence-electron chi connectivity index (χ1n) is 8.46. The molecular formula is C18H21ClN2O2. The second kappa shape index (κ2) is 6.25. The predicted octanol–water partition coefficient (Wildman–Crippen LogP) is 4.48. The maximum atomic E-state index is 6.07. The lowest BCUT2D eigenvalue weighted by molar-refractivity contribution is 0.192. The van der Waals surface area contributed by atoms with Crippen LogP contribution in [0.2, 0.25) is 5.02 Å². The van der Waals surface area contributed by atoms with Crippen LogP contribution >= 0.6 is 11.6 Å². The first-order valence-corrected chi connectivity index (χ1v) is 8.84. The Morgan fingerprint density at radius 3 is 2.57 bits per heavy atom. The first kappa shape index (κ1) is 15.2. The van der Waals surface area contributed by atoms with Crippen LogP contribution in [-0.4, -0.2) is 23.4 Å². The van der Waals surface area contributed by atoms with E-state index in [1.807, 2.05) is 12.1 Å². The minimum absolute atomic E-state index is 0.159. The third-order valence-electron chi connectivity index (χ3n) is 5.25. The quantitative estimate of drug-likeness (QED) is 0.831. The van der Waals surface area contributed by atoms with Crippen LogP contribution < -0.4 is 0 Å². The zero-order valence-electron chi connectivity index (χ0n) is 13.1. The highest BCUT2D eigenvalue weighted by molar-refractivity contribution is 6.30. The summed E-state index contributed by atoms with van der Waals surface area (Å²) in [4.78, 5) is 4.80. The standard InChI is InChI=1S/C18H21ClN2O2/c19-15-6-4-14(5-7-15)18(9-2-1-3-10-18)17-20-16(21-23-17)13-8-11-22-12-13/h4-7,13H,1-3,8-12H2. The summed E-state index contributed by atoms with van der Waals surface area (Å²) >= 11 is 6.07. The van der Waals surface area contributed by atoms with Crippen molar-refractivity contribution < 1.29 is 9.26 Å². The molecule has 1 saturated carbocycles. The maximum Gasteiger partial charge on any atom is 0.237 e. The molecule has 1 aliphatic carbocycles. The van der Waals surface area contributed by atoms with E-state index in [0.29, 0.717) is 6.61 Å². The lowest BCUT2D eigenvalue weighted by Crippen LogP contribution is -2.31. The van der Waals surface area contributed by atoms with E-state index >= 15 is 0 Å². The van der Waals surface area contributed by atoms with Crippen LogP contribution in [0.25, 0.3) is 0 Å². The molecule has 2 fully saturated rings. The summed E-state index contributed by atoms with van der Waals surface area (Å²) < 4.78 is 11.2. The summed E-state index contributed by atoms with van der Waals surface area (Å²) in [7, 11) is 0. The van der Waals surface area contributed by atoms with Gasteiger partial charge in [0.1, 0.15) is 0 Å². The molecule has 0 spiro atoms. The Bertz CT molecular complexity index is 656. The SMILES string of the molecule is Clc1ccc(C2(c3nc(C4CCOC4)no3)CCCCC2)cc1. The minimum atomic E-state index is -0.159. The average Bonchev–Trinajstić information content (AvgIpc) is 3.28. The largest absolute Gasteiger partial charge is 0.381 e. The Labute approximate surface area is 141 Å². The number of halogens is 1. The number of ether oxygens (including phenoxy) is 1. The van der Waals surface area contributed by atoms with Crippen molar-refractivity contribution in [3.05, 3.63) is 46.6 Å². The fraction of sp³-hybridized carbons (Fsp3) is 0.556. The fourth-order valence-electron chi connectivity index (χ4n) is 3.88. The van der Waals surface area contributed by atoms with Gasteiger partial charge in [-0.3, -0.25) is 0 Å². The molecule has 23 heavy (non-hydrogen) atoms. The predicted molar refractivity (Wildman–Crippen MR) is 87.8 cm³/mol. The van der Waals surface area contributed by atoms with Crippen molar-refractivity contribution in [2.24, 2.45) is 0 Å². The van der Waals surface area contributed by atoms with E-state index in [9.17, 15) is 0 Å². The number of rotatable bonds is 3. The molecule has 0 N–H and O–H groups in total. The number of hydrogen-bond donors (Lipinski definition) is 0. The van der Waals surface area contributed by atoms with Gasteiger partial charge in [-0.2, -0.15) is 4.98 Å². The number of nitrogens with zero attached hydrogens (tertiary/aromatic N) is 2. The minimum Gasteiger partial charge on any atom is -0.381 e. The van der Waals surface area contributed by atoms with E-state index in [2.05, 4.69) is 17.3 Å². The molecule has 1 atom stereocenters. The molecule has 1 aromatic carbocycles. The topological polar surface area (TPSA) is 48.2 Å². The van der Waals surface area contributed by atoms with E-state index in [0.717, 1.165) is 42.6 Å². The van der Waals surface area contributed by atoms with Gasteiger partial charge in [0.2, 0.25) is 5.89 Å². The van der Waals surface area contributed by atoms with E-state index < -0.39 is 0 Å². The van der Waals surface area contributed by atoms with Gasteiger partial charge in [0.05, 0.1) is 12.0 Å². The molecule has 1 saturated heterocycles. The van der Waals surface area contributed by atoms with Gasteiger partial charge in [0.25, 0.3) is 0 Å². The van der Waals surface area contributed by atoms with Crippen LogP contribution in [0.1, 0.15) is 61.7 Å². The van der Waals surface area contributed by atoms with E-state index in [1.165, 1.54) is 24.8 Å². The molecule has 1 unspecified atom stereocenters. The van der Waals surface area contributed by atoms with Crippen molar-refractivity contribution in [2.75, 3.05) is 13.2 Å². The zero-order valence-corrected chi connectivity index (χ0v) is 13.9. The summed E-state index contributed by atoms with van der Waals surface area (Å²) in [5.74, 6) is 1.84. The summed E-state index contributed by atoms with van der Waals surface area (Å²) in [6, 6.07) is 8.12. The number of benzene rings is 1. The van der Waals surface area contributed by atoms with Crippen molar-refractivity contribution >= 4 is 11.6 Å². The van der Waals surface area contributed by atoms with Crippen molar-refractivity contribution in [2.45, 2.75) is 49.9 Å². The van der Waals surface area contributed by atoms with Crippen molar-refractivity contribution in [1.29, 1.82) is 0 Å². The van der Waals surface area contributed by atoms with Crippen LogP contribution in [0.3, 0.4) is 0 Å². The summed E-state index contributed by atoms with van der Waals surface area (Å²) in [5, 5.41) is 5.03. The van der Waals surface area contributed by atoms with Gasteiger partial charge in [0, 0.05) is 17.5 Å². The van der Waals surface area contributed by atoms with Gasteiger partial charge >= 0.3 is 0 Å². The molecule has 2 aromatic rings. The van der Waals surface area contributed by atoms with Crippen molar-refractivity contribution in [3.63, 3.8) is 0 Å². The zero-order chi connectivity index (χ0) is 15.7. The van der Waals surface area contributed by atoms with Crippen LogP contribution in [0, 0.1) is 0 Å². The first-order chi connectivity index (χ1) is 11.3. The van der Waals surface area contributed by atoms with E-state index in [4.69, 9.17) is 25.8 Å². The maximum absolute atomic E-state index is 6.07. The van der Waals surface area contributed by atoms with Gasteiger partial charge in [-0.15, -0.1) is 0 Å². The highest BCUT2D eigenvalue weighted by atomic mass is 35.5. The third kappa shape index (κ3) is 2.79. The van der Waals surface area contributed by atoms with Crippen molar-refractivity contribution in [1.82, 2.24) is 10.1 Å². The summed E-state index contributed by atoms with van der Waals surface area (Å²) in [6.45, 7) is 1.49. The lowest BCUT2D eigenvalue weighted by Gasteiger charge is -2.34. The summed E-state index contributed by atoms with van der Waals surface area (Å²) in [5.41, 5.74) is 1.08. The molecule has 0 radical (unpaired) electrons. The van der Waals surface area contributed by atoms with Crippen LogP contribution in [0.4, 0.5) is 0 Å². The molecule has 5 heteroatoms. The second-order valence-electron chi connectivity index (χ2n) is 6.67. The molecule has 1 aliphatic heterocycles. The Kier molecular flexibility index (Phi) is 4.12. The molecule has 4 rings (SSSR count). The Morgan fingerprint density at radius 1 is 1.09 bits per heavy atom. The summed E-state index contributed by atoms with van der Waals surface area (Å²) in [6.07, 6.45) is 6.73. The molecule has 0 amide bonds. The Morgan fingerprint density at radius 2 is 1.87 bits per heavy atom. The smallest absolute Gasteiger partial charge is 0.237 e. The molecule has 2 heterocycles. The molecular weight excluding hydrogens is 312 g/mol. The van der Waals surface area contributed by atoms with Gasteiger partial charge in [-0.1, -0.05) is 48.2 Å². The normalized spacial score (nSPS) is 24.0. The highest BCUT2D eigenvalue weighted by Crippen LogP contribution is 2.44. The van der Waals surface area contributed by atoms with Crippen LogP contribution in [-0.2, 0) is 10.2 Å². The molecule has 1 aromatic heterocycles. The average molecular weight is 333 g/mol. The fourth-order valence-corrected chi connectivity index (χ4v) is 4.01. The molecule has 0 bridgehead atoms. The van der Waals surface area contributed by atoms with E-state index in [-0.39, 0.29) is 11.3 Å². The van der Waals surface area contributed by atoms with Gasteiger partial charge in [-0.05, 0) is 37.0 Å². The monoisotopic (exact) mass is 332 g/mol. The van der Waals surface area contributed by atoms with Crippen LogP contribution in [0.5, 0.6) is 0 Å². The van der Waals surface area contributed by atoms with Crippen molar-refractivity contribution in [3.8, 4) is 0 Å². The number of hydrogen-bond acceptors (Lipinski definition) is 4. The van der Waals surface area contributed by atoms with Crippen LogP contribution in [0.15, 0.2) is 28.8 Å². The molecule has 4 nitrogen and oxygen atoms in total. The molecule has 2 aliphatic rings. The van der Waals surface area contributed by atoms with E-state index in [1.54, 1.807) is 0 Å².